The topological polar surface area (TPSA) is 21.3 Å². The van der Waals surface area contributed by atoms with E-state index in [1.54, 1.807) is 0 Å². The molecule has 0 bridgehead atoms. The molecule has 1 aliphatic rings. The number of nitrogens with one attached hydrogen (secondary N) is 1. The summed E-state index contributed by atoms with van der Waals surface area (Å²) in [6.07, 6.45) is 3.09. The SMILES string of the molecule is CCCNC(c1ccc(Br)c(Cl)c1F)C1CCOC1CC. The van der Waals surface area contributed by atoms with E-state index in [0.717, 1.165) is 32.4 Å². The predicted octanol–water partition coefficient (Wildman–Crippen LogP) is 5.10. The Hall–Kier alpha value is -0.160. The number of ether oxygens (including phenoxy) is 1. The summed E-state index contributed by atoms with van der Waals surface area (Å²) in [6.45, 7) is 5.83. The Morgan fingerprint density at radius 2 is 2.24 bits per heavy atom. The summed E-state index contributed by atoms with van der Waals surface area (Å²) < 4.78 is 21.0. The lowest BCUT2D eigenvalue weighted by Crippen LogP contribution is -2.34. The van der Waals surface area contributed by atoms with Crippen molar-refractivity contribution in [2.45, 2.75) is 45.3 Å². The summed E-state index contributed by atoms with van der Waals surface area (Å²) in [6, 6.07) is 3.59. The van der Waals surface area contributed by atoms with Crippen LogP contribution in [0.4, 0.5) is 4.39 Å². The van der Waals surface area contributed by atoms with E-state index in [9.17, 15) is 4.39 Å². The van der Waals surface area contributed by atoms with Crippen molar-refractivity contribution in [3.05, 3.63) is 33.0 Å². The van der Waals surface area contributed by atoms with E-state index in [2.05, 4.69) is 35.1 Å². The zero-order chi connectivity index (χ0) is 15.4. The molecular formula is C16H22BrClFNO. The van der Waals surface area contributed by atoms with Crippen LogP contribution < -0.4 is 5.32 Å². The van der Waals surface area contributed by atoms with Crippen molar-refractivity contribution in [1.82, 2.24) is 5.32 Å². The van der Waals surface area contributed by atoms with E-state index in [1.165, 1.54) is 0 Å². The predicted molar refractivity (Wildman–Crippen MR) is 88.3 cm³/mol. The van der Waals surface area contributed by atoms with Crippen LogP contribution in [-0.2, 0) is 4.74 Å². The number of rotatable bonds is 6. The van der Waals surface area contributed by atoms with Crippen LogP contribution in [0.15, 0.2) is 16.6 Å². The van der Waals surface area contributed by atoms with Crippen LogP contribution in [0.5, 0.6) is 0 Å². The quantitative estimate of drug-likeness (QED) is 0.696. The van der Waals surface area contributed by atoms with Gasteiger partial charge in [-0.3, -0.25) is 0 Å². The summed E-state index contributed by atoms with van der Waals surface area (Å²) in [7, 11) is 0. The van der Waals surface area contributed by atoms with Gasteiger partial charge in [-0.25, -0.2) is 4.39 Å². The van der Waals surface area contributed by atoms with E-state index in [1.807, 2.05) is 12.1 Å². The Morgan fingerprint density at radius 1 is 1.48 bits per heavy atom. The standard InChI is InChI=1S/C16H22BrClFNO/c1-3-8-20-16(10-7-9-21-13(10)4-2)11-5-6-12(17)14(18)15(11)19/h5-6,10,13,16,20H,3-4,7-9H2,1-2H3. The molecule has 0 aliphatic carbocycles. The highest BCUT2D eigenvalue weighted by Crippen LogP contribution is 2.38. The number of halogens is 3. The molecule has 1 aromatic carbocycles. The van der Waals surface area contributed by atoms with Crippen LogP contribution in [0.3, 0.4) is 0 Å². The summed E-state index contributed by atoms with van der Waals surface area (Å²) in [5, 5.41) is 3.64. The van der Waals surface area contributed by atoms with E-state index in [-0.39, 0.29) is 28.9 Å². The highest BCUT2D eigenvalue weighted by molar-refractivity contribution is 9.10. The number of hydrogen-bond donors (Lipinski definition) is 1. The minimum Gasteiger partial charge on any atom is -0.378 e. The van der Waals surface area contributed by atoms with Gasteiger partial charge >= 0.3 is 0 Å². The molecule has 0 radical (unpaired) electrons. The fourth-order valence-electron chi connectivity index (χ4n) is 3.04. The van der Waals surface area contributed by atoms with E-state index < -0.39 is 0 Å². The largest absolute Gasteiger partial charge is 0.378 e. The van der Waals surface area contributed by atoms with Crippen LogP contribution >= 0.6 is 27.5 Å². The van der Waals surface area contributed by atoms with Gasteiger partial charge < -0.3 is 10.1 Å². The maximum absolute atomic E-state index is 14.6. The molecule has 0 saturated carbocycles. The fraction of sp³-hybridized carbons (Fsp3) is 0.625. The van der Waals surface area contributed by atoms with Gasteiger partial charge in [0.1, 0.15) is 5.82 Å². The Morgan fingerprint density at radius 3 is 2.90 bits per heavy atom. The second kappa shape index (κ2) is 7.91. The number of benzene rings is 1. The van der Waals surface area contributed by atoms with Crippen molar-refractivity contribution in [1.29, 1.82) is 0 Å². The Kier molecular flexibility index (Phi) is 6.48. The van der Waals surface area contributed by atoms with Gasteiger partial charge in [-0.15, -0.1) is 0 Å². The normalized spacial score (nSPS) is 23.5. The fourth-order valence-corrected chi connectivity index (χ4v) is 3.52. The van der Waals surface area contributed by atoms with E-state index in [0.29, 0.717) is 10.0 Å². The smallest absolute Gasteiger partial charge is 0.147 e. The Bertz CT molecular complexity index is 486. The van der Waals surface area contributed by atoms with Crippen LogP contribution in [0.1, 0.15) is 44.7 Å². The summed E-state index contributed by atoms with van der Waals surface area (Å²) in [4.78, 5) is 0. The Labute approximate surface area is 139 Å². The van der Waals surface area contributed by atoms with Crippen molar-refractivity contribution in [2.75, 3.05) is 13.2 Å². The minimum atomic E-state index is -0.332. The molecular weight excluding hydrogens is 357 g/mol. The average Bonchev–Trinajstić information content (AvgIpc) is 2.95. The monoisotopic (exact) mass is 377 g/mol. The van der Waals surface area contributed by atoms with Gasteiger partial charge in [0.2, 0.25) is 0 Å². The molecule has 2 nitrogen and oxygen atoms in total. The van der Waals surface area contributed by atoms with Gasteiger partial charge in [0.25, 0.3) is 0 Å². The first-order valence-corrected chi connectivity index (χ1v) is 8.75. The van der Waals surface area contributed by atoms with Crippen molar-refractivity contribution >= 4 is 27.5 Å². The van der Waals surface area contributed by atoms with E-state index >= 15 is 0 Å². The maximum Gasteiger partial charge on any atom is 0.147 e. The molecule has 1 saturated heterocycles. The average molecular weight is 379 g/mol. The van der Waals surface area contributed by atoms with Gasteiger partial charge in [-0.1, -0.05) is 31.5 Å². The summed E-state index contributed by atoms with van der Waals surface area (Å²) in [5.41, 5.74) is 0.644. The zero-order valence-corrected chi connectivity index (χ0v) is 14.8. The van der Waals surface area contributed by atoms with Gasteiger partial charge in [0.05, 0.1) is 11.1 Å². The molecule has 118 valence electrons. The molecule has 1 aromatic rings. The molecule has 1 heterocycles. The van der Waals surface area contributed by atoms with Crippen LogP contribution in [0.25, 0.3) is 0 Å². The van der Waals surface area contributed by atoms with Crippen molar-refractivity contribution in [3.63, 3.8) is 0 Å². The molecule has 3 atom stereocenters. The highest BCUT2D eigenvalue weighted by Gasteiger charge is 2.35. The lowest BCUT2D eigenvalue weighted by Gasteiger charge is -2.29. The molecule has 1 aliphatic heterocycles. The van der Waals surface area contributed by atoms with Gasteiger partial charge in [0.15, 0.2) is 0 Å². The molecule has 21 heavy (non-hydrogen) atoms. The van der Waals surface area contributed by atoms with Gasteiger partial charge in [-0.05, 0) is 47.8 Å². The number of hydrogen-bond acceptors (Lipinski definition) is 2. The molecule has 2 rings (SSSR count). The Balaban J connectivity index is 2.33. The third kappa shape index (κ3) is 3.79. The molecule has 1 fully saturated rings. The van der Waals surface area contributed by atoms with Crippen LogP contribution in [0, 0.1) is 11.7 Å². The minimum absolute atomic E-state index is 0.0528. The van der Waals surface area contributed by atoms with Gasteiger partial charge in [-0.2, -0.15) is 0 Å². The first-order valence-electron chi connectivity index (χ1n) is 7.58. The lowest BCUT2D eigenvalue weighted by atomic mass is 9.86. The lowest BCUT2D eigenvalue weighted by molar-refractivity contribution is 0.0770. The second-order valence-electron chi connectivity index (χ2n) is 5.47. The molecule has 1 N–H and O–H groups in total. The molecule has 0 aromatic heterocycles. The summed E-state index contributed by atoms with van der Waals surface area (Å²) in [5.74, 6) is -0.0466. The molecule has 0 spiro atoms. The first-order chi connectivity index (χ1) is 10.1. The maximum atomic E-state index is 14.6. The summed E-state index contributed by atoms with van der Waals surface area (Å²) >= 11 is 9.33. The van der Waals surface area contributed by atoms with Crippen molar-refractivity contribution < 1.29 is 9.13 Å². The highest BCUT2D eigenvalue weighted by atomic mass is 79.9. The zero-order valence-electron chi connectivity index (χ0n) is 12.5. The third-order valence-electron chi connectivity index (χ3n) is 4.11. The third-order valence-corrected chi connectivity index (χ3v) is 5.36. The van der Waals surface area contributed by atoms with Crippen LogP contribution in [0.2, 0.25) is 5.02 Å². The molecule has 0 amide bonds. The van der Waals surface area contributed by atoms with Crippen molar-refractivity contribution in [3.8, 4) is 0 Å². The first kappa shape index (κ1) is 17.2. The molecule has 5 heteroatoms. The second-order valence-corrected chi connectivity index (χ2v) is 6.70. The van der Waals surface area contributed by atoms with Gasteiger partial charge in [0, 0.05) is 28.6 Å². The molecule has 3 unspecified atom stereocenters. The van der Waals surface area contributed by atoms with Crippen molar-refractivity contribution in [2.24, 2.45) is 5.92 Å². The van der Waals surface area contributed by atoms with E-state index in [4.69, 9.17) is 16.3 Å². The van der Waals surface area contributed by atoms with Crippen LogP contribution in [-0.4, -0.2) is 19.3 Å².